The van der Waals surface area contributed by atoms with Crippen LogP contribution in [0.15, 0.2) is 30.3 Å². The summed E-state index contributed by atoms with van der Waals surface area (Å²) in [7, 11) is 0. The Labute approximate surface area is 140 Å². The lowest BCUT2D eigenvalue weighted by Gasteiger charge is -2.29. The predicted molar refractivity (Wildman–Crippen MR) is 92.5 cm³/mol. The van der Waals surface area contributed by atoms with Gasteiger partial charge in [-0.2, -0.15) is 0 Å². The summed E-state index contributed by atoms with van der Waals surface area (Å²) in [6, 6.07) is 11.2. The maximum Gasteiger partial charge on any atom is 0.320 e. The van der Waals surface area contributed by atoms with Gasteiger partial charge in [0, 0.05) is 6.04 Å². The Kier molecular flexibility index (Phi) is 7.37. The Balaban J connectivity index is 0.00000242. The fourth-order valence-corrected chi connectivity index (χ4v) is 2.96. The fraction of sp³-hybridized carbons (Fsp3) is 0.611. The Morgan fingerprint density at radius 3 is 2.27 bits per heavy atom. The molecule has 1 aromatic rings. The normalized spacial score (nSPS) is 21.8. The molecule has 3 nitrogen and oxygen atoms in total. The number of hydrogen-bond donors (Lipinski definition) is 1. The second kappa shape index (κ2) is 8.54. The summed E-state index contributed by atoms with van der Waals surface area (Å²) in [6.45, 7) is 6.01. The standard InChI is InChI=1S/C18H27NO2.ClH/c1-18(2,3)21-17(20)13-19-16-11-9-15(10-12-16)14-7-5-4-6-8-14;/h4-8,15-16,19H,9-13H2,1-3H3;1H/t15-,16+;. The SMILES string of the molecule is CC(C)(C)OC(=O)CN[C@H]1CC[C@@H](c2ccccc2)CC1.Cl. The molecule has 0 unspecified atom stereocenters. The van der Waals surface area contributed by atoms with E-state index in [1.807, 2.05) is 20.8 Å². The number of carbonyl (C=O) groups excluding carboxylic acids is 1. The number of esters is 1. The van der Waals surface area contributed by atoms with E-state index >= 15 is 0 Å². The highest BCUT2D eigenvalue weighted by molar-refractivity contribution is 5.85. The lowest BCUT2D eigenvalue weighted by molar-refractivity contribution is -0.153. The maximum absolute atomic E-state index is 11.7. The van der Waals surface area contributed by atoms with Gasteiger partial charge in [0.2, 0.25) is 0 Å². The Morgan fingerprint density at radius 2 is 1.73 bits per heavy atom. The first-order chi connectivity index (χ1) is 9.94. The zero-order valence-corrected chi connectivity index (χ0v) is 14.6. The van der Waals surface area contributed by atoms with E-state index < -0.39 is 5.60 Å². The number of carbonyl (C=O) groups is 1. The summed E-state index contributed by atoms with van der Waals surface area (Å²) >= 11 is 0. The van der Waals surface area contributed by atoms with Crippen LogP contribution in [0.25, 0.3) is 0 Å². The lowest BCUT2D eigenvalue weighted by atomic mass is 9.82. The second-order valence-electron chi connectivity index (χ2n) is 6.93. The van der Waals surface area contributed by atoms with Crippen LogP contribution in [0.2, 0.25) is 0 Å². The molecule has 2 rings (SSSR count). The van der Waals surface area contributed by atoms with E-state index in [1.165, 1.54) is 18.4 Å². The van der Waals surface area contributed by atoms with Crippen molar-refractivity contribution in [2.24, 2.45) is 0 Å². The van der Waals surface area contributed by atoms with Crippen LogP contribution in [0.1, 0.15) is 57.9 Å². The quantitative estimate of drug-likeness (QED) is 0.848. The molecular weight excluding hydrogens is 298 g/mol. The minimum Gasteiger partial charge on any atom is -0.459 e. The first kappa shape index (κ1) is 19.0. The van der Waals surface area contributed by atoms with Crippen molar-refractivity contribution in [2.45, 2.75) is 64.0 Å². The first-order valence-corrected chi connectivity index (χ1v) is 7.94. The number of rotatable bonds is 4. The average molecular weight is 326 g/mol. The molecule has 0 amide bonds. The zero-order valence-electron chi connectivity index (χ0n) is 13.8. The monoisotopic (exact) mass is 325 g/mol. The van der Waals surface area contributed by atoms with Crippen molar-refractivity contribution in [3.05, 3.63) is 35.9 Å². The molecule has 0 spiro atoms. The molecule has 0 aliphatic heterocycles. The molecule has 0 radical (unpaired) electrons. The van der Waals surface area contributed by atoms with Gasteiger partial charge in [0.1, 0.15) is 5.60 Å². The van der Waals surface area contributed by atoms with Crippen molar-refractivity contribution in [3.8, 4) is 0 Å². The van der Waals surface area contributed by atoms with Crippen molar-refractivity contribution in [2.75, 3.05) is 6.54 Å². The van der Waals surface area contributed by atoms with Gasteiger partial charge in [-0.15, -0.1) is 12.4 Å². The maximum atomic E-state index is 11.7. The molecule has 1 aliphatic carbocycles. The summed E-state index contributed by atoms with van der Waals surface area (Å²) in [5, 5.41) is 3.34. The van der Waals surface area contributed by atoms with Crippen LogP contribution in [-0.4, -0.2) is 24.2 Å². The highest BCUT2D eigenvalue weighted by atomic mass is 35.5. The molecule has 0 saturated heterocycles. The smallest absolute Gasteiger partial charge is 0.320 e. The third kappa shape index (κ3) is 6.37. The van der Waals surface area contributed by atoms with Gasteiger partial charge < -0.3 is 10.1 Å². The fourth-order valence-electron chi connectivity index (χ4n) is 2.96. The van der Waals surface area contributed by atoms with Crippen LogP contribution < -0.4 is 5.32 Å². The molecule has 1 aromatic carbocycles. The van der Waals surface area contributed by atoms with Crippen LogP contribution in [0.5, 0.6) is 0 Å². The van der Waals surface area contributed by atoms with Gasteiger partial charge in [-0.25, -0.2) is 0 Å². The largest absolute Gasteiger partial charge is 0.459 e. The van der Waals surface area contributed by atoms with Gasteiger partial charge in [-0.05, 0) is 57.9 Å². The van der Waals surface area contributed by atoms with Gasteiger partial charge in [0.15, 0.2) is 0 Å². The molecule has 0 atom stereocenters. The molecule has 0 heterocycles. The van der Waals surface area contributed by atoms with Crippen molar-refractivity contribution in [1.29, 1.82) is 0 Å². The lowest BCUT2D eigenvalue weighted by Crippen LogP contribution is -2.38. The zero-order chi connectivity index (χ0) is 15.3. The van der Waals surface area contributed by atoms with E-state index in [0.29, 0.717) is 18.5 Å². The van der Waals surface area contributed by atoms with Gasteiger partial charge >= 0.3 is 5.97 Å². The van der Waals surface area contributed by atoms with Crippen molar-refractivity contribution < 1.29 is 9.53 Å². The van der Waals surface area contributed by atoms with E-state index in [-0.39, 0.29) is 18.4 Å². The van der Waals surface area contributed by atoms with Crippen LogP contribution in [0, 0.1) is 0 Å². The number of nitrogens with one attached hydrogen (secondary N) is 1. The Bertz CT molecular complexity index is 448. The van der Waals surface area contributed by atoms with Crippen LogP contribution in [0.4, 0.5) is 0 Å². The second-order valence-corrected chi connectivity index (χ2v) is 6.93. The molecule has 4 heteroatoms. The number of benzene rings is 1. The summed E-state index contributed by atoms with van der Waals surface area (Å²) < 4.78 is 5.32. The van der Waals surface area contributed by atoms with Crippen molar-refractivity contribution >= 4 is 18.4 Å². The van der Waals surface area contributed by atoms with E-state index in [4.69, 9.17) is 4.74 Å². The van der Waals surface area contributed by atoms with Crippen LogP contribution in [-0.2, 0) is 9.53 Å². The summed E-state index contributed by atoms with van der Waals surface area (Å²) in [6.07, 6.45) is 4.64. The highest BCUT2D eigenvalue weighted by Gasteiger charge is 2.23. The molecule has 0 aromatic heterocycles. The molecular formula is C18H28ClNO2. The summed E-state index contributed by atoms with van der Waals surface area (Å²) in [5.41, 5.74) is 1.05. The molecule has 1 saturated carbocycles. The molecule has 1 N–H and O–H groups in total. The molecule has 0 bridgehead atoms. The van der Waals surface area contributed by atoms with Gasteiger partial charge in [0.05, 0.1) is 6.54 Å². The van der Waals surface area contributed by atoms with Crippen molar-refractivity contribution in [3.63, 3.8) is 0 Å². The van der Waals surface area contributed by atoms with Gasteiger partial charge in [0.25, 0.3) is 0 Å². The minimum absolute atomic E-state index is 0. The molecule has 1 fully saturated rings. The topological polar surface area (TPSA) is 38.3 Å². The number of ether oxygens (including phenoxy) is 1. The first-order valence-electron chi connectivity index (χ1n) is 7.94. The Morgan fingerprint density at radius 1 is 1.14 bits per heavy atom. The number of hydrogen-bond acceptors (Lipinski definition) is 3. The summed E-state index contributed by atoms with van der Waals surface area (Å²) in [4.78, 5) is 11.7. The molecule has 22 heavy (non-hydrogen) atoms. The molecule has 124 valence electrons. The van der Waals surface area contributed by atoms with Gasteiger partial charge in [-0.3, -0.25) is 4.79 Å². The third-order valence-corrected chi connectivity index (χ3v) is 3.95. The Hall–Kier alpha value is -1.06. The van der Waals surface area contributed by atoms with Crippen LogP contribution in [0.3, 0.4) is 0 Å². The van der Waals surface area contributed by atoms with E-state index in [0.717, 1.165) is 12.8 Å². The van der Waals surface area contributed by atoms with Crippen LogP contribution >= 0.6 is 12.4 Å². The van der Waals surface area contributed by atoms with Gasteiger partial charge in [-0.1, -0.05) is 30.3 Å². The summed E-state index contributed by atoms with van der Waals surface area (Å²) in [5.74, 6) is 0.512. The van der Waals surface area contributed by atoms with E-state index in [2.05, 4.69) is 35.6 Å². The minimum atomic E-state index is -0.399. The number of halogens is 1. The molecule has 1 aliphatic rings. The predicted octanol–water partition coefficient (Wildman–Crippen LogP) is 4.07. The average Bonchev–Trinajstić information content (AvgIpc) is 2.45. The third-order valence-electron chi connectivity index (χ3n) is 3.95. The van der Waals surface area contributed by atoms with Crippen molar-refractivity contribution in [1.82, 2.24) is 5.32 Å². The highest BCUT2D eigenvalue weighted by Crippen LogP contribution is 2.32. The van der Waals surface area contributed by atoms with E-state index in [1.54, 1.807) is 0 Å². The van der Waals surface area contributed by atoms with E-state index in [9.17, 15) is 4.79 Å².